The first-order valence-corrected chi connectivity index (χ1v) is 11.6. The van der Waals surface area contributed by atoms with E-state index in [0.717, 1.165) is 43.9 Å². The fourth-order valence-electron chi connectivity index (χ4n) is 3.74. The number of hydrogen-bond donors (Lipinski definition) is 1. The van der Waals surface area contributed by atoms with E-state index >= 15 is 0 Å². The molecule has 0 heterocycles. The molecular weight excluding hydrogens is 378 g/mol. The Bertz CT molecular complexity index is 898. The third-order valence-electron chi connectivity index (χ3n) is 5.38. The van der Waals surface area contributed by atoms with E-state index in [1.165, 1.54) is 28.0 Å². The Morgan fingerprint density at radius 1 is 1.00 bits per heavy atom. The average molecular weight is 418 g/mol. The lowest BCUT2D eigenvalue weighted by molar-refractivity contribution is 0.743. The normalized spacial score (nSPS) is 12.5. The van der Waals surface area contributed by atoms with Crippen LogP contribution in [0, 0.1) is 6.92 Å². The molecule has 0 unspecified atom stereocenters. The lowest BCUT2D eigenvalue weighted by atomic mass is 10.0. The Kier molecular flexibility index (Phi) is 10.1. The van der Waals surface area contributed by atoms with Gasteiger partial charge in [-0.15, -0.1) is 0 Å². The van der Waals surface area contributed by atoms with E-state index in [0.29, 0.717) is 0 Å². The maximum atomic E-state index is 4.59. The van der Waals surface area contributed by atoms with E-state index < -0.39 is 0 Å². The largest absolute Gasteiger partial charge is 0.371 e. The van der Waals surface area contributed by atoms with Crippen molar-refractivity contribution >= 4 is 22.8 Å². The average Bonchev–Trinajstić information content (AvgIpc) is 2.77. The zero-order chi connectivity index (χ0) is 22.6. The number of hydrogen-bond acceptors (Lipinski definition) is 2. The van der Waals surface area contributed by atoms with Gasteiger partial charge in [0.2, 0.25) is 0 Å². The minimum absolute atomic E-state index is 0.874. The van der Waals surface area contributed by atoms with Crippen LogP contribution in [0.15, 0.2) is 65.8 Å². The number of allylic oxidation sites excluding steroid dienone is 3. The van der Waals surface area contributed by atoms with Crippen molar-refractivity contribution in [2.24, 2.45) is 4.99 Å². The summed E-state index contributed by atoms with van der Waals surface area (Å²) in [5, 5.41) is 3.42. The second-order valence-corrected chi connectivity index (χ2v) is 7.94. The Labute approximate surface area is 189 Å². The number of aryl methyl sites for hydroxylation is 2. The molecule has 2 aromatic carbocycles. The molecule has 0 aliphatic heterocycles. The molecule has 0 radical (unpaired) electrons. The van der Waals surface area contributed by atoms with E-state index in [1.54, 1.807) is 0 Å². The molecule has 3 nitrogen and oxygen atoms in total. The third-order valence-corrected chi connectivity index (χ3v) is 5.38. The van der Waals surface area contributed by atoms with Crippen LogP contribution in [0.25, 0.3) is 5.57 Å². The minimum atomic E-state index is 0.874. The maximum Gasteiger partial charge on any atom is 0.103 e. The monoisotopic (exact) mass is 417 g/mol. The van der Waals surface area contributed by atoms with Crippen molar-refractivity contribution < 1.29 is 0 Å². The van der Waals surface area contributed by atoms with Crippen molar-refractivity contribution in [1.82, 2.24) is 0 Å². The number of nitrogens with one attached hydrogen (secondary N) is 1. The van der Waals surface area contributed by atoms with E-state index in [-0.39, 0.29) is 0 Å². The molecule has 3 heteroatoms. The second-order valence-electron chi connectivity index (χ2n) is 7.94. The molecule has 0 saturated carbocycles. The maximum absolute atomic E-state index is 4.59. The minimum Gasteiger partial charge on any atom is -0.371 e. The van der Waals surface area contributed by atoms with E-state index in [1.807, 2.05) is 13.1 Å². The Morgan fingerprint density at radius 2 is 1.68 bits per heavy atom. The highest BCUT2D eigenvalue weighted by molar-refractivity contribution is 5.94. The summed E-state index contributed by atoms with van der Waals surface area (Å²) in [5.74, 6) is 0.874. The summed E-state index contributed by atoms with van der Waals surface area (Å²) in [4.78, 5) is 7.07. The molecular formula is C28H39N3. The smallest absolute Gasteiger partial charge is 0.103 e. The zero-order valence-corrected chi connectivity index (χ0v) is 20.2. The number of aliphatic imine (C=N–C) groups is 1. The first-order chi connectivity index (χ1) is 15.0. The summed E-state index contributed by atoms with van der Waals surface area (Å²) >= 11 is 0. The molecule has 0 spiro atoms. The van der Waals surface area contributed by atoms with Crippen LogP contribution < -0.4 is 10.2 Å². The molecule has 0 bridgehead atoms. The van der Waals surface area contributed by atoms with Crippen LogP contribution >= 0.6 is 0 Å². The fraction of sp³-hybridized carbons (Fsp3) is 0.393. The fourth-order valence-corrected chi connectivity index (χ4v) is 3.74. The number of nitrogens with zero attached hydrogens (tertiary/aromatic N) is 2. The van der Waals surface area contributed by atoms with Crippen LogP contribution in [0.4, 0.5) is 11.4 Å². The number of amidine groups is 1. The van der Waals surface area contributed by atoms with Gasteiger partial charge < -0.3 is 10.2 Å². The molecule has 0 aliphatic rings. The van der Waals surface area contributed by atoms with Crippen molar-refractivity contribution in [3.8, 4) is 0 Å². The van der Waals surface area contributed by atoms with Crippen molar-refractivity contribution in [1.29, 1.82) is 0 Å². The van der Waals surface area contributed by atoms with Crippen molar-refractivity contribution in [3.05, 3.63) is 77.5 Å². The molecule has 2 rings (SSSR count). The number of anilines is 2. The quantitative estimate of drug-likeness (QED) is 0.244. The number of benzene rings is 2. The predicted octanol–water partition coefficient (Wildman–Crippen LogP) is 7.63. The van der Waals surface area contributed by atoms with Gasteiger partial charge in [-0.2, -0.15) is 0 Å². The highest BCUT2D eigenvalue weighted by Gasteiger charge is 2.08. The zero-order valence-electron chi connectivity index (χ0n) is 20.2. The summed E-state index contributed by atoms with van der Waals surface area (Å²) < 4.78 is 0. The van der Waals surface area contributed by atoms with E-state index in [2.05, 4.69) is 104 Å². The molecule has 31 heavy (non-hydrogen) atoms. The summed E-state index contributed by atoms with van der Waals surface area (Å²) in [7, 11) is 0. The SMILES string of the molecule is C/C=C(/C=C\N=C(C)Nc1ccc(N(CCC)CCC)c(C)c1)c1ccc(CC)cc1. The first kappa shape index (κ1) is 24.5. The van der Waals surface area contributed by atoms with Gasteiger partial charge in [0, 0.05) is 30.7 Å². The lowest BCUT2D eigenvalue weighted by Crippen LogP contribution is -2.25. The summed E-state index contributed by atoms with van der Waals surface area (Å²) in [6.07, 6.45) is 9.44. The molecule has 0 amide bonds. The molecule has 0 fully saturated rings. The number of rotatable bonds is 10. The molecule has 2 aromatic rings. The highest BCUT2D eigenvalue weighted by Crippen LogP contribution is 2.24. The summed E-state index contributed by atoms with van der Waals surface area (Å²) in [6, 6.07) is 15.3. The molecule has 0 aliphatic carbocycles. The van der Waals surface area contributed by atoms with Crippen LogP contribution in [0.1, 0.15) is 64.2 Å². The van der Waals surface area contributed by atoms with E-state index in [4.69, 9.17) is 0 Å². The molecule has 166 valence electrons. The summed E-state index contributed by atoms with van der Waals surface area (Å²) in [6.45, 7) is 15.1. The second kappa shape index (κ2) is 12.8. The van der Waals surface area contributed by atoms with Gasteiger partial charge in [-0.1, -0.05) is 51.1 Å². The predicted molar refractivity (Wildman–Crippen MR) is 139 cm³/mol. The highest BCUT2D eigenvalue weighted by atomic mass is 15.1. The molecule has 1 N–H and O–H groups in total. The molecule has 0 atom stereocenters. The van der Waals surface area contributed by atoms with Gasteiger partial charge in [-0.3, -0.25) is 0 Å². The summed E-state index contributed by atoms with van der Waals surface area (Å²) in [5.41, 5.74) is 7.44. The van der Waals surface area contributed by atoms with Crippen molar-refractivity contribution in [2.45, 2.75) is 60.8 Å². The Hall–Kier alpha value is -2.81. The van der Waals surface area contributed by atoms with E-state index in [9.17, 15) is 0 Å². The van der Waals surface area contributed by atoms with Gasteiger partial charge in [-0.25, -0.2) is 4.99 Å². The van der Waals surface area contributed by atoms with Gasteiger partial charge in [-0.05, 0) is 86.6 Å². The van der Waals surface area contributed by atoms with Crippen LogP contribution in [-0.2, 0) is 6.42 Å². The third kappa shape index (κ3) is 7.43. The van der Waals surface area contributed by atoms with Crippen LogP contribution in [-0.4, -0.2) is 18.9 Å². The standard InChI is InChI=1S/C28H39N3/c1-7-19-31(20-8-2)28-16-15-27(21-22(28)5)30-23(6)29-18-17-25(10-4)26-13-11-24(9-3)12-14-26/h10-18,21H,7-9,19-20H2,1-6H3,(H,29,30)/b18-17-,25-10-. The Balaban J connectivity index is 2.06. The van der Waals surface area contributed by atoms with Crippen molar-refractivity contribution in [2.75, 3.05) is 23.3 Å². The first-order valence-electron chi connectivity index (χ1n) is 11.6. The Morgan fingerprint density at radius 3 is 2.23 bits per heavy atom. The van der Waals surface area contributed by atoms with Crippen molar-refractivity contribution in [3.63, 3.8) is 0 Å². The van der Waals surface area contributed by atoms with Crippen LogP contribution in [0.5, 0.6) is 0 Å². The lowest BCUT2D eigenvalue weighted by Gasteiger charge is -2.26. The van der Waals surface area contributed by atoms with Gasteiger partial charge in [0.05, 0.1) is 0 Å². The van der Waals surface area contributed by atoms with Gasteiger partial charge in [0.15, 0.2) is 0 Å². The van der Waals surface area contributed by atoms with Crippen LogP contribution in [0.3, 0.4) is 0 Å². The van der Waals surface area contributed by atoms with Gasteiger partial charge in [0.1, 0.15) is 5.84 Å². The van der Waals surface area contributed by atoms with Gasteiger partial charge in [0.25, 0.3) is 0 Å². The molecule has 0 saturated heterocycles. The molecule has 0 aromatic heterocycles. The van der Waals surface area contributed by atoms with Crippen LogP contribution in [0.2, 0.25) is 0 Å². The van der Waals surface area contributed by atoms with Gasteiger partial charge >= 0.3 is 0 Å². The topological polar surface area (TPSA) is 27.6 Å².